The summed E-state index contributed by atoms with van der Waals surface area (Å²) >= 11 is 0. The minimum Gasteiger partial charge on any atom is -0.383 e. The van der Waals surface area contributed by atoms with E-state index in [-0.39, 0.29) is 10.5 Å². The van der Waals surface area contributed by atoms with Gasteiger partial charge >= 0.3 is 5.91 Å². The fraction of sp³-hybridized carbons (Fsp3) is 0.500. The van der Waals surface area contributed by atoms with E-state index in [1.807, 2.05) is 0 Å². The molecule has 0 aromatic carbocycles. The minimum atomic E-state index is -0.638. The van der Waals surface area contributed by atoms with E-state index in [4.69, 9.17) is 4.74 Å². The van der Waals surface area contributed by atoms with Crippen LogP contribution in [0.4, 0.5) is 0 Å². The Balaban J connectivity index is 2.68. The van der Waals surface area contributed by atoms with Gasteiger partial charge in [-0.3, -0.25) is 4.68 Å². The highest BCUT2D eigenvalue weighted by atomic mass is 16.5. The van der Waals surface area contributed by atoms with E-state index >= 15 is 0 Å². The SMILES string of the molecule is COCCn1ccc(C(=O)[N+](C)=O)n1. The molecule has 1 amide bonds. The van der Waals surface area contributed by atoms with Crippen molar-refractivity contribution in [1.82, 2.24) is 9.78 Å². The van der Waals surface area contributed by atoms with Gasteiger partial charge in [0.2, 0.25) is 5.69 Å². The first-order valence-electron chi connectivity index (χ1n) is 4.12. The van der Waals surface area contributed by atoms with Crippen LogP contribution in [-0.2, 0) is 11.3 Å². The van der Waals surface area contributed by atoms with Crippen molar-refractivity contribution in [2.24, 2.45) is 0 Å². The second kappa shape index (κ2) is 4.61. The molecule has 6 nitrogen and oxygen atoms in total. The van der Waals surface area contributed by atoms with E-state index in [0.717, 1.165) is 7.05 Å². The van der Waals surface area contributed by atoms with Crippen LogP contribution >= 0.6 is 0 Å². The molecule has 0 unspecified atom stereocenters. The number of amides is 1. The largest absolute Gasteiger partial charge is 0.484 e. The van der Waals surface area contributed by atoms with Crippen molar-refractivity contribution in [2.45, 2.75) is 6.54 Å². The number of carbonyl (C=O) groups is 1. The van der Waals surface area contributed by atoms with Gasteiger partial charge in [-0.25, -0.2) is 4.79 Å². The van der Waals surface area contributed by atoms with Gasteiger partial charge in [0.05, 0.1) is 17.9 Å². The lowest BCUT2D eigenvalue weighted by atomic mass is 10.4. The molecular weight excluding hydrogens is 186 g/mol. The van der Waals surface area contributed by atoms with E-state index in [0.29, 0.717) is 13.2 Å². The third-order valence-corrected chi connectivity index (χ3v) is 1.67. The maximum Gasteiger partial charge on any atom is 0.484 e. The molecule has 0 fully saturated rings. The van der Waals surface area contributed by atoms with Crippen LogP contribution in [0.2, 0.25) is 0 Å². The Morgan fingerprint density at radius 2 is 2.43 bits per heavy atom. The summed E-state index contributed by atoms with van der Waals surface area (Å²) in [7, 11) is 2.73. The molecule has 0 spiro atoms. The van der Waals surface area contributed by atoms with Crippen LogP contribution in [0.5, 0.6) is 0 Å². The average Bonchev–Trinajstić information content (AvgIpc) is 2.61. The normalized spacial score (nSPS) is 10.1. The summed E-state index contributed by atoms with van der Waals surface area (Å²) in [5, 5.41) is 3.91. The van der Waals surface area contributed by atoms with E-state index < -0.39 is 5.91 Å². The molecule has 1 rings (SSSR count). The predicted octanol–water partition coefficient (Wildman–Crippen LogP) is 0.0784. The molecule has 1 aromatic rings. The second-order valence-corrected chi connectivity index (χ2v) is 2.76. The zero-order chi connectivity index (χ0) is 10.6. The first-order chi connectivity index (χ1) is 6.65. The van der Waals surface area contributed by atoms with E-state index in [1.54, 1.807) is 18.0 Å². The molecule has 6 heteroatoms. The Kier molecular flexibility index (Phi) is 3.47. The summed E-state index contributed by atoms with van der Waals surface area (Å²) in [6, 6.07) is 1.51. The first kappa shape index (κ1) is 10.5. The van der Waals surface area contributed by atoms with Crippen molar-refractivity contribution < 1.29 is 14.3 Å². The minimum absolute atomic E-state index is 0.151. The van der Waals surface area contributed by atoms with Crippen LogP contribution in [0.3, 0.4) is 0 Å². The van der Waals surface area contributed by atoms with Gasteiger partial charge in [0, 0.05) is 18.2 Å². The van der Waals surface area contributed by atoms with Gasteiger partial charge in [-0.1, -0.05) is 0 Å². The van der Waals surface area contributed by atoms with Gasteiger partial charge in [-0.15, -0.1) is 0 Å². The summed E-state index contributed by atoms with van der Waals surface area (Å²) in [6.07, 6.45) is 1.63. The average molecular weight is 198 g/mol. The van der Waals surface area contributed by atoms with Gasteiger partial charge < -0.3 is 4.74 Å². The van der Waals surface area contributed by atoms with E-state index in [9.17, 15) is 9.70 Å². The number of carbonyl (C=O) groups excluding carboxylic acids is 1. The predicted molar refractivity (Wildman–Crippen MR) is 48.0 cm³/mol. The summed E-state index contributed by atoms with van der Waals surface area (Å²) in [4.78, 5) is 21.8. The molecule has 76 valence electrons. The van der Waals surface area contributed by atoms with E-state index in [2.05, 4.69) is 5.10 Å². The molecular formula is C8H12N3O3+. The topological polar surface area (TPSA) is 64.2 Å². The second-order valence-electron chi connectivity index (χ2n) is 2.76. The number of nitrogens with zero attached hydrogens (tertiary/aromatic N) is 3. The van der Waals surface area contributed by atoms with Gasteiger partial charge in [0.1, 0.15) is 0 Å². The third-order valence-electron chi connectivity index (χ3n) is 1.67. The standard InChI is InChI=1S/C8H12N3O3/c1-10(13)8(12)7-3-4-11(9-7)5-6-14-2/h3-4H,5-6H2,1-2H3/q+1. The monoisotopic (exact) mass is 198 g/mol. The summed E-state index contributed by atoms with van der Waals surface area (Å²) in [5.74, 6) is -0.638. The highest BCUT2D eigenvalue weighted by molar-refractivity contribution is 5.84. The molecule has 0 aliphatic rings. The van der Waals surface area contributed by atoms with Gasteiger partial charge in [-0.05, 0) is 6.07 Å². The van der Waals surface area contributed by atoms with Crippen molar-refractivity contribution in [1.29, 1.82) is 0 Å². The van der Waals surface area contributed by atoms with Crippen LogP contribution in [0.1, 0.15) is 10.5 Å². The van der Waals surface area contributed by atoms with Crippen LogP contribution < -0.4 is 0 Å². The summed E-state index contributed by atoms with van der Waals surface area (Å²) < 4.78 is 6.65. The Labute approximate surface area is 81.0 Å². The van der Waals surface area contributed by atoms with Crippen LogP contribution in [0.25, 0.3) is 0 Å². The van der Waals surface area contributed by atoms with Crippen LogP contribution in [0, 0.1) is 4.91 Å². The van der Waals surface area contributed by atoms with Crippen molar-refractivity contribution >= 4 is 5.91 Å². The fourth-order valence-corrected chi connectivity index (χ4v) is 0.946. The van der Waals surface area contributed by atoms with Crippen molar-refractivity contribution in [3.8, 4) is 0 Å². The molecule has 0 bridgehead atoms. The Hall–Kier alpha value is -1.56. The quantitative estimate of drug-likeness (QED) is 0.642. The van der Waals surface area contributed by atoms with E-state index in [1.165, 1.54) is 6.07 Å². The molecule has 0 aliphatic carbocycles. The van der Waals surface area contributed by atoms with Crippen molar-refractivity contribution in [3.05, 3.63) is 22.9 Å². The molecule has 1 heterocycles. The number of rotatable bonds is 4. The molecule has 0 N–H and O–H groups in total. The molecule has 0 saturated carbocycles. The van der Waals surface area contributed by atoms with Crippen molar-refractivity contribution in [3.63, 3.8) is 0 Å². The number of ether oxygens (including phenoxy) is 1. The number of aromatic nitrogens is 2. The summed E-state index contributed by atoms with van der Waals surface area (Å²) in [6.45, 7) is 1.08. The lowest BCUT2D eigenvalue weighted by Gasteiger charge is -1.97. The first-order valence-corrected chi connectivity index (χ1v) is 4.12. The Bertz CT molecular complexity index is 345. The molecule has 0 saturated heterocycles. The van der Waals surface area contributed by atoms with Gasteiger partial charge in [0.25, 0.3) is 0 Å². The van der Waals surface area contributed by atoms with Gasteiger partial charge in [-0.2, -0.15) is 5.10 Å². The van der Waals surface area contributed by atoms with Crippen LogP contribution in [-0.4, -0.2) is 41.2 Å². The summed E-state index contributed by atoms with van der Waals surface area (Å²) in [5.41, 5.74) is 0.151. The fourth-order valence-electron chi connectivity index (χ4n) is 0.946. The molecule has 0 radical (unpaired) electrons. The molecule has 1 aromatic heterocycles. The zero-order valence-corrected chi connectivity index (χ0v) is 8.14. The Morgan fingerprint density at radius 1 is 1.71 bits per heavy atom. The lowest BCUT2D eigenvalue weighted by molar-refractivity contribution is -0.416. The smallest absolute Gasteiger partial charge is 0.383 e. The Morgan fingerprint density at radius 3 is 3.00 bits per heavy atom. The highest BCUT2D eigenvalue weighted by Gasteiger charge is 2.22. The number of hydrogen-bond donors (Lipinski definition) is 0. The maximum atomic E-state index is 11.1. The lowest BCUT2D eigenvalue weighted by Crippen LogP contribution is -2.14. The molecule has 0 aliphatic heterocycles. The van der Waals surface area contributed by atoms with Crippen molar-refractivity contribution in [2.75, 3.05) is 20.8 Å². The third kappa shape index (κ3) is 2.46. The highest BCUT2D eigenvalue weighted by Crippen LogP contribution is 1.97. The van der Waals surface area contributed by atoms with Crippen LogP contribution in [0.15, 0.2) is 12.3 Å². The maximum absolute atomic E-state index is 11.1. The number of hydrogen-bond acceptors (Lipinski definition) is 4. The van der Waals surface area contributed by atoms with Gasteiger partial charge in [0.15, 0.2) is 7.05 Å². The molecule has 14 heavy (non-hydrogen) atoms. The zero-order valence-electron chi connectivity index (χ0n) is 8.14. The molecule has 0 atom stereocenters. The number of methoxy groups -OCH3 is 1. The number of nitroso groups, excluding NO2 is 1.